The third-order valence-corrected chi connectivity index (χ3v) is 4.68. The van der Waals surface area contributed by atoms with E-state index in [0.29, 0.717) is 18.7 Å². The zero-order chi connectivity index (χ0) is 26.8. The molecular weight excluding hydrogens is 474 g/mol. The topological polar surface area (TPSA) is 180 Å². The van der Waals surface area contributed by atoms with Crippen molar-refractivity contribution in [3.05, 3.63) is 69.3 Å². The van der Waals surface area contributed by atoms with Crippen LogP contribution in [0.1, 0.15) is 25.0 Å². The highest BCUT2D eigenvalue weighted by atomic mass is 16.7. The van der Waals surface area contributed by atoms with Crippen LogP contribution in [0.4, 0.5) is 10.5 Å². The number of amides is 1. The van der Waals surface area contributed by atoms with Crippen molar-refractivity contribution in [3.63, 3.8) is 0 Å². The molecule has 0 aliphatic heterocycles. The standard InChI is InChI=1S/C24H21N3O9/c1-3-26(4-2)23(31)17(14-25)11-16-12-19(27(33)34)22(30)20(13-16)36-24(32)35-18-8-5-15(6-9-18)7-10-21(28)29/h5-13,30H,3-4H2,1-2H3,(H,28,29)/b10-7+,17-11+. The Morgan fingerprint density at radius 3 is 2.28 bits per heavy atom. The van der Waals surface area contributed by atoms with Crippen molar-refractivity contribution in [1.29, 1.82) is 5.26 Å². The van der Waals surface area contributed by atoms with Crippen molar-refractivity contribution in [2.45, 2.75) is 13.8 Å². The molecule has 12 nitrogen and oxygen atoms in total. The van der Waals surface area contributed by atoms with E-state index in [1.807, 2.05) is 0 Å². The fraction of sp³-hybridized carbons (Fsp3) is 0.167. The number of nitro groups is 1. The van der Waals surface area contributed by atoms with E-state index in [4.69, 9.17) is 14.6 Å². The molecular formula is C24H21N3O9. The summed E-state index contributed by atoms with van der Waals surface area (Å²) in [6.07, 6.45) is 1.99. The minimum Gasteiger partial charge on any atom is -0.499 e. The van der Waals surface area contributed by atoms with Crippen LogP contribution in [0.5, 0.6) is 17.2 Å². The monoisotopic (exact) mass is 495 g/mol. The minimum atomic E-state index is -1.34. The first-order chi connectivity index (χ1) is 17.1. The zero-order valence-corrected chi connectivity index (χ0v) is 19.2. The maximum absolute atomic E-state index is 12.5. The van der Waals surface area contributed by atoms with Gasteiger partial charge in [-0.05, 0) is 55.3 Å². The number of hydrogen-bond acceptors (Lipinski definition) is 9. The number of phenolic OH excluding ortho intramolecular Hbond substituents is 1. The first kappa shape index (κ1) is 27.1. The number of carboxylic acid groups (broad SMARTS) is 1. The van der Waals surface area contributed by atoms with Crippen molar-refractivity contribution in [2.75, 3.05) is 13.1 Å². The number of hydrogen-bond donors (Lipinski definition) is 2. The van der Waals surface area contributed by atoms with E-state index in [1.165, 1.54) is 35.2 Å². The summed E-state index contributed by atoms with van der Waals surface area (Å²) in [5, 5.41) is 39.7. The maximum atomic E-state index is 12.5. The number of nitrogens with zero attached hydrogens (tertiary/aromatic N) is 3. The van der Waals surface area contributed by atoms with Gasteiger partial charge in [0.25, 0.3) is 5.91 Å². The van der Waals surface area contributed by atoms with E-state index in [9.17, 15) is 34.9 Å². The summed E-state index contributed by atoms with van der Waals surface area (Å²) < 4.78 is 9.92. The molecule has 36 heavy (non-hydrogen) atoms. The summed E-state index contributed by atoms with van der Waals surface area (Å²) >= 11 is 0. The van der Waals surface area contributed by atoms with Crippen molar-refractivity contribution in [1.82, 2.24) is 4.90 Å². The molecule has 0 aromatic heterocycles. The number of carbonyl (C=O) groups is 3. The number of carbonyl (C=O) groups excluding carboxylic acids is 2. The SMILES string of the molecule is CCN(CC)C(=O)/C(C#N)=C/c1cc(OC(=O)Oc2ccc(/C=C/C(=O)O)cc2)c(O)c([N+](=O)[O-])c1. The molecule has 2 N–H and O–H groups in total. The van der Waals surface area contributed by atoms with E-state index in [-0.39, 0.29) is 16.9 Å². The highest BCUT2D eigenvalue weighted by Gasteiger charge is 2.24. The third kappa shape index (κ3) is 7.16. The van der Waals surface area contributed by atoms with Gasteiger partial charge >= 0.3 is 17.8 Å². The number of likely N-dealkylation sites (N-methyl/N-ethyl adjacent to an activating group) is 1. The molecule has 0 bridgehead atoms. The van der Waals surface area contributed by atoms with Gasteiger partial charge in [-0.3, -0.25) is 14.9 Å². The Hall–Kier alpha value is -5.18. The second-order valence-electron chi connectivity index (χ2n) is 6.99. The number of aromatic hydroxyl groups is 1. The molecule has 0 atom stereocenters. The van der Waals surface area contributed by atoms with Gasteiger partial charge in [-0.1, -0.05) is 12.1 Å². The number of aliphatic carboxylic acids is 1. The predicted octanol–water partition coefficient (Wildman–Crippen LogP) is 3.75. The Morgan fingerprint density at radius 2 is 1.75 bits per heavy atom. The summed E-state index contributed by atoms with van der Waals surface area (Å²) in [6.45, 7) is 4.11. The largest absolute Gasteiger partial charge is 0.519 e. The van der Waals surface area contributed by atoms with E-state index in [2.05, 4.69) is 0 Å². The molecule has 0 unspecified atom stereocenters. The molecule has 0 heterocycles. The Labute approximate surface area is 205 Å². The number of nitriles is 1. The average molecular weight is 495 g/mol. The Balaban J connectivity index is 2.33. The Morgan fingerprint density at radius 1 is 1.11 bits per heavy atom. The van der Waals surface area contributed by atoms with Crippen LogP contribution in [0.25, 0.3) is 12.2 Å². The van der Waals surface area contributed by atoms with Gasteiger partial charge in [0.1, 0.15) is 17.4 Å². The fourth-order valence-corrected chi connectivity index (χ4v) is 2.93. The molecule has 0 aliphatic rings. The second-order valence-corrected chi connectivity index (χ2v) is 6.99. The number of phenols is 1. The van der Waals surface area contributed by atoms with E-state index in [1.54, 1.807) is 19.9 Å². The number of carboxylic acids is 1. The van der Waals surface area contributed by atoms with Crippen LogP contribution >= 0.6 is 0 Å². The highest BCUT2D eigenvalue weighted by molar-refractivity contribution is 6.01. The lowest BCUT2D eigenvalue weighted by molar-refractivity contribution is -0.385. The second kappa shape index (κ2) is 12.3. The summed E-state index contributed by atoms with van der Waals surface area (Å²) in [7, 11) is 0. The van der Waals surface area contributed by atoms with Crippen molar-refractivity contribution < 1.29 is 39.0 Å². The molecule has 2 aromatic carbocycles. The van der Waals surface area contributed by atoms with Gasteiger partial charge in [0.05, 0.1) is 4.92 Å². The lowest BCUT2D eigenvalue weighted by Crippen LogP contribution is -2.31. The summed E-state index contributed by atoms with van der Waals surface area (Å²) in [4.78, 5) is 47.2. The van der Waals surface area contributed by atoms with Crippen LogP contribution in [0.2, 0.25) is 0 Å². The molecule has 2 aromatic rings. The molecule has 0 spiro atoms. The van der Waals surface area contributed by atoms with Crippen LogP contribution in [-0.2, 0) is 9.59 Å². The molecule has 0 saturated carbocycles. The minimum absolute atomic E-state index is 0.00843. The fourth-order valence-electron chi connectivity index (χ4n) is 2.93. The maximum Gasteiger partial charge on any atom is 0.519 e. The molecule has 0 radical (unpaired) electrons. The normalized spacial score (nSPS) is 11.0. The van der Waals surface area contributed by atoms with Crippen LogP contribution < -0.4 is 9.47 Å². The van der Waals surface area contributed by atoms with Gasteiger partial charge < -0.3 is 24.6 Å². The van der Waals surface area contributed by atoms with Crippen LogP contribution in [-0.4, -0.2) is 51.2 Å². The first-order valence-corrected chi connectivity index (χ1v) is 10.4. The van der Waals surface area contributed by atoms with Crippen molar-refractivity contribution in [2.24, 2.45) is 0 Å². The van der Waals surface area contributed by atoms with Gasteiger partial charge in [-0.2, -0.15) is 5.26 Å². The van der Waals surface area contributed by atoms with Gasteiger partial charge in [-0.15, -0.1) is 0 Å². The third-order valence-electron chi connectivity index (χ3n) is 4.68. The van der Waals surface area contributed by atoms with Crippen LogP contribution in [0.3, 0.4) is 0 Å². The van der Waals surface area contributed by atoms with Gasteiger partial charge in [-0.25, -0.2) is 9.59 Å². The molecule has 1 amide bonds. The Bertz CT molecular complexity index is 1270. The highest BCUT2D eigenvalue weighted by Crippen LogP contribution is 2.38. The lowest BCUT2D eigenvalue weighted by Gasteiger charge is -2.17. The van der Waals surface area contributed by atoms with E-state index >= 15 is 0 Å². The number of ether oxygens (including phenoxy) is 2. The van der Waals surface area contributed by atoms with E-state index in [0.717, 1.165) is 24.3 Å². The first-order valence-electron chi connectivity index (χ1n) is 10.4. The molecule has 0 aliphatic carbocycles. The smallest absolute Gasteiger partial charge is 0.499 e. The average Bonchev–Trinajstić information content (AvgIpc) is 2.84. The molecule has 0 saturated heterocycles. The predicted molar refractivity (Wildman–Crippen MR) is 126 cm³/mol. The molecule has 12 heteroatoms. The number of rotatable bonds is 9. The van der Waals surface area contributed by atoms with Gasteiger partial charge in [0.15, 0.2) is 5.75 Å². The lowest BCUT2D eigenvalue weighted by atomic mass is 10.1. The summed E-state index contributed by atoms with van der Waals surface area (Å²) in [6, 6.07) is 9.33. The number of benzene rings is 2. The van der Waals surface area contributed by atoms with Crippen LogP contribution in [0.15, 0.2) is 48.0 Å². The summed E-state index contributed by atoms with van der Waals surface area (Å²) in [5.74, 6) is -3.31. The molecule has 2 rings (SSSR count). The zero-order valence-electron chi connectivity index (χ0n) is 19.2. The van der Waals surface area contributed by atoms with Gasteiger partial charge in [0, 0.05) is 25.2 Å². The Kier molecular flexibility index (Phi) is 9.27. The van der Waals surface area contributed by atoms with Gasteiger partial charge in [0.2, 0.25) is 5.75 Å². The summed E-state index contributed by atoms with van der Waals surface area (Å²) in [5.41, 5.74) is -0.676. The number of nitro benzene ring substituents is 1. The van der Waals surface area contributed by atoms with Crippen molar-refractivity contribution in [3.8, 4) is 23.3 Å². The van der Waals surface area contributed by atoms with E-state index < -0.39 is 40.1 Å². The molecule has 186 valence electrons. The molecule has 0 fully saturated rings. The van der Waals surface area contributed by atoms with Crippen LogP contribution in [0, 0.1) is 21.4 Å². The van der Waals surface area contributed by atoms with Crippen molar-refractivity contribution >= 4 is 35.9 Å². The quantitative estimate of drug-likeness (QED) is 0.130.